The van der Waals surface area contributed by atoms with Gasteiger partial charge in [0.05, 0.1) is 18.2 Å². The Hall–Kier alpha value is -1.18. The molecule has 1 heterocycles. The third kappa shape index (κ3) is 3.65. The van der Waals surface area contributed by atoms with E-state index in [1.54, 1.807) is 14.2 Å². The summed E-state index contributed by atoms with van der Waals surface area (Å²) in [4.78, 5) is 4.43. The zero-order valence-electron chi connectivity index (χ0n) is 10.6. The second-order valence-electron chi connectivity index (χ2n) is 3.69. The number of nitrogens with zero attached hydrogens (tertiary/aromatic N) is 2. The normalized spacial score (nSPS) is 10.5. The largest absolute Gasteiger partial charge is 0.496 e. The third-order valence-electron chi connectivity index (χ3n) is 2.42. The van der Waals surface area contributed by atoms with E-state index in [2.05, 4.69) is 30.6 Å². The number of nitrogens with one attached hydrogen (secondary N) is 1. The van der Waals surface area contributed by atoms with Crippen molar-refractivity contribution < 1.29 is 9.47 Å². The van der Waals surface area contributed by atoms with Gasteiger partial charge in [-0.3, -0.25) is 0 Å². The number of anilines is 1. The van der Waals surface area contributed by atoms with Crippen molar-refractivity contribution in [3.63, 3.8) is 0 Å². The predicted octanol–water partition coefficient (Wildman–Crippen LogP) is 3.03. The van der Waals surface area contributed by atoms with Crippen LogP contribution in [-0.4, -0.2) is 36.7 Å². The molecule has 0 amide bonds. The minimum absolute atomic E-state index is 0.642. The maximum atomic E-state index is 5.20. The van der Waals surface area contributed by atoms with Gasteiger partial charge in [-0.15, -0.1) is 0 Å². The van der Waals surface area contributed by atoms with Crippen molar-refractivity contribution in [1.29, 1.82) is 0 Å². The van der Waals surface area contributed by atoms with E-state index in [0.717, 1.165) is 27.5 Å². The zero-order valence-corrected chi connectivity index (χ0v) is 13.0. The summed E-state index contributed by atoms with van der Waals surface area (Å²) in [5.74, 6) is 1.49. The van der Waals surface area contributed by atoms with Crippen LogP contribution in [0.1, 0.15) is 0 Å². The Morgan fingerprint density at radius 2 is 2.21 bits per heavy atom. The highest BCUT2D eigenvalue weighted by molar-refractivity contribution is 9.10. The van der Waals surface area contributed by atoms with Gasteiger partial charge in [0.25, 0.3) is 0 Å². The van der Waals surface area contributed by atoms with Gasteiger partial charge in [-0.25, -0.2) is 0 Å². The van der Waals surface area contributed by atoms with Crippen LogP contribution in [0.5, 0.6) is 5.75 Å². The number of ether oxygens (including phenoxy) is 2. The fourth-order valence-corrected chi connectivity index (χ4v) is 2.63. The van der Waals surface area contributed by atoms with Gasteiger partial charge >= 0.3 is 0 Å². The number of hydrogen-bond donors (Lipinski definition) is 1. The highest BCUT2D eigenvalue weighted by Gasteiger charge is 2.08. The van der Waals surface area contributed by atoms with E-state index >= 15 is 0 Å². The lowest BCUT2D eigenvalue weighted by atomic mass is 10.2. The number of halogens is 1. The van der Waals surface area contributed by atoms with Crippen LogP contribution in [-0.2, 0) is 4.74 Å². The van der Waals surface area contributed by atoms with Crippen LogP contribution in [0, 0.1) is 0 Å². The molecule has 0 spiro atoms. The lowest BCUT2D eigenvalue weighted by Gasteiger charge is -2.03. The average Bonchev–Trinajstić information content (AvgIpc) is 2.88. The molecular weight excluding hydrogens is 330 g/mol. The number of rotatable bonds is 6. The molecule has 7 heteroatoms. The molecule has 5 nitrogen and oxygen atoms in total. The molecular formula is C12H14BrN3O2S. The van der Waals surface area contributed by atoms with Crippen LogP contribution in [0.25, 0.3) is 11.4 Å². The fraction of sp³-hybridized carbons (Fsp3) is 0.333. The standard InChI is InChI=1S/C12H14BrN3O2S/c1-17-6-5-14-12-15-11(16-19-12)8-3-4-10(18-2)9(13)7-8/h3-4,7H,5-6H2,1-2H3,(H,14,15,16). The van der Waals surface area contributed by atoms with Crippen molar-refractivity contribution in [2.45, 2.75) is 0 Å². The average molecular weight is 344 g/mol. The lowest BCUT2D eigenvalue weighted by molar-refractivity contribution is 0.211. The van der Waals surface area contributed by atoms with Crippen molar-refractivity contribution in [3.8, 4) is 17.1 Å². The fourth-order valence-electron chi connectivity index (χ4n) is 1.48. The summed E-state index contributed by atoms with van der Waals surface area (Å²) in [6.45, 7) is 1.36. The first-order valence-electron chi connectivity index (χ1n) is 5.65. The Labute approximate surface area is 124 Å². The molecule has 102 valence electrons. The van der Waals surface area contributed by atoms with Gasteiger partial charge in [-0.05, 0) is 34.1 Å². The van der Waals surface area contributed by atoms with Crippen LogP contribution in [0.2, 0.25) is 0 Å². The van der Waals surface area contributed by atoms with Crippen molar-refractivity contribution in [2.75, 3.05) is 32.7 Å². The molecule has 0 aliphatic carbocycles. The first-order chi connectivity index (χ1) is 9.24. The quantitative estimate of drug-likeness (QED) is 0.817. The lowest BCUT2D eigenvalue weighted by Crippen LogP contribution is -2.06. The van der Waals surface area contributed by atoms with Crippen molar-refractivity contribution in [1.82, 2.24) is 9.36 Å². The summed E-state index contributed by atoms with van der Waals surface area (Å²) < 4.78 is 15.4. The molecule has 0 aliphatic heterocycles. The van der Waals surface area contributed by atoms with Gasteiger partial charge in [0, 0.05) is 30.8 Å². The van der Waals surface area contributed by atoms with Gasteiger partial charge in [0.15, 0.2) is 5.82 Å². The van der Waals surface area contributed by atoms with E-state index in [1.807, 2.05) is 18.2 Å². The third-order valence-corrected chi connectivity index (χ3v) is 3.71. The zero-order chi connectivity index (χ0) is 13.7. The SMILES string of the molecule is COCCNc1nc(-c2ccc(OC)c(Br)c2)ns1. The smallest absolute Gasteiger partial charge is 0.202 e. The number of aromatic nitrogens is 2. The molecule has 0 bridgehead atoms. The van der Waals surface area contributed by atoms with Crippen LogP contribution < -0.4 is 10.1 Å². The van der Waals surface area contributed by atoms with Crippen LogP contribution in [0.15, 0.2) is 22.7 Å². The van der Waals surface area contributed by atoms with Gasteiger partial charge in [-0.2, -0.15) is 9.36 Å². The van der Waals surface area contributed by atoms with Gasteiger partial charge in [0.1, 0.15) is 5.75 Å². The highest BCUT2D eigenvalue weighted by Crippen LogP contribution is 2.30. The predicted molar refractivity (Wildman–Crippen MR) is 80.0 cm³/mol. The molecule has 0 atom stereocenters. The van der Waals surface area contributed by atoms with Crippen LogP contribution >= 0.6 is 27.5 Å². The molecule has 0 saturated heterocycles. The molecule has 0 unspecified atom stereocenters. The summed E-state index contributed by atoms with van der Waals surface area (Å²) in [5.41, 5.74) is 0.948. The Kier molecular flexibility index (Phi) is 5.12. The van der Waals surface area contributed by atoms with Crippen molar-refractivity contribution in [3.05, 3.63) is 22.7 Å². The minimum Gasteiger partial charge on any atom is -0.496 e. The van der Waals surface area contributed by atoms with Gasteiger partial charge in [-0.1, -0.05) is 0 Å². The van der Waals surface area contributed by atoms with E-state index in [4.69, 9.17) is 9.47 Å². The Morgan fingerprint density at radius 3 is 2.89 bits per heavy atom. The molecule has 0 radical (unpaired) electrons. The Morgan fingerprint density at radius 1 is 1.37 bits per heavy atom. The first-order valence-corrected chi connectivity index (χ1v) is 7.21. The van der Waals surface area contributed by atoms with Gasteiger partial charge in [0.2, 0.25) is 5.13 Å². The van der Waals surface area contributed by atoms with E-state index < -0.39 is 0 Å². The van der Waals surface area contributed by atoms with Crippen LogP contribution in [0.3, 0.4) is 0 Å². The molecule has 2 aromatic rings. The second kappa shape index (κ2) is 6.83. The number of benzene rings is 1. The first kappa shape index (κ1) is 14.2. The molecule has 1 aromatic heterocycles. The Bertz CT molecular complexity index is 548. The maximum Gasteiger partial charge on any atom is 0.202 e. The Balaban J connectivity index is 2.11. The summed E-state index contributed by atoms with van der Waals surface area (Å²) in [6.07, 6.45) is 0. The maximum absolute atomic E-state index is 5.20. The molecule has 0 saturated carbocycles. The summed E-state index contributed by atoms with van der Waals surface area (Å²) in [7, 11) is 3.31. The van der Waals surface area contributed by atoms with Crippen LogP contribution in [0.4, 0.5) is 5.13 Å². The number of hydrogen-bond acceptors (Lipinski definition) is 6. The molecule has 0 fully saturated rings. The summed E-state index contributed by atoms with van der Waals surface area (Å²) in [5, 5.41) is 3.95. The summed E-state index contributed by atoms with van der Waals surface area (Å²) >= 11 is 4.79. The second-order valence-corrected chi connectivity index (χ2v) is 5.30. The minimum atomic E-state index is 0.642. The van der Waals surface area contributed by atoms with Crippen molar-refractivity contribution in [2.24, 2.45) is 0 Å². The molecule has 2 rings (SSSR count). The van der Waals surface area contributed by atoms with Crippen molar-refractivity contribution >= 4 is 32.6 Å². The van der Waals surface area contributed by atoms with E-state index in [1.165, 1.54) is 11.5 Å². The highest BCUT2D eigenvalue weighted by atomic mass is 79.9. The van der Waals surface area contributed by atoms with E-state index in [-0.39, 0.29) is 0 Å². The van der Waals surface area contributed by atoms with E-state index in [9.17, 15) is 0 Å². The molecule has 1 N–H and O–H groups in total. The van der Waals surface area contributed by atoms with E-state index in [0.29, 0.717) is 12.4 Å². The van der Waals surface area contributed by atoms with Gasteiger partial charge < -0.3 is 14.8 Å². The monoisotopic (exact) mass is 343 g/mol. The molecule has 0 aliphatic rings. The number of methoxy groups -OCH3 is 2. The topological polar surface area (TPSA) is 56.3 Å². The summed E-state index contributed by atoms with van der Waals surface area (Å²) in [6, 6.07) is 5.77. The molecule has 19 heavy (non-hydrogen) atoms. The molecule has 1 aromatic carbocycles.